The Labute approximate surface area is 142 Å². The van der Waals surface area contributed by atoms with Crippen LogP contribution >= 0.6 is 11.6 Å². The van der Waals surface area contributed by atoms with Crippen molar-refractivity contribution < 1.29 is 14.1 Å². The first-order valence-corrected chi connectivity index (χ1v) is 9.17. The maximum Gasteiger partial charge on any atom is 0.251 e. The van der Waals surface area contributed by atoms with Crippen molar-refractivity contribution in [1.82, 2.24) is 5.32 Å². The standard InChI is InChI=1S/C17H18ClNO3S/c1-23(22)11-12-3-2-4-14(9-12)17(21)19-10-16(20)13-5-7-15(18)8-6-13/h2-9,16,20H,10-11H2,1H3,(H,19,21)/t16-,23+/m1/s1. The molecule has 2 atom stereocenters. The second-order valence-corrected chi connectivity index (χ2v) is 7.07. The van der Waals surface area contributed by atoms with Gasteiger partial charge in [-0.3, -0.25) is 9.00 Å². The minimum absolute atomic E-state index is 0.102. The van der Waals surface area contributed by atoms with Crippen LogP contribution in [0.15, 0.2) is 48.5 Å². The van der Waals surface area contributed by atoms with Crippen LogP contribution in [0.3, 0.4) is 0 Å². The Kier molecular flexibility index (Phi) is 6.33. The molecule has 0 aliphatic rings. The van der Waals surface area contributed by atoms with Gasteiger partial charge < -0.3 is 10.4 Å². The predicted molar refractivity (Wildman–Crippen MR) is 93.0 cm³/mol. The second kappa shape index (κ2) is 8.24. The smallest absolute Gasteiger partial charge is 0.251 e. The van der Waals surface area contributed by atoms with Crippen LogP contribution in [0.2, 0.25) is 5.02 Å². The molecule has 0 aromatic heterocycles. The second-order valence-electron chi connectivity index (χ2n) is 5.20. The maximum atomic E-state index is 12.2. The van der Waals surface area contributed by atoms with Crippen molar-refractivity contribution >= 4 is 28.3 Å². The van der Waals surface area contributed by atoms with E-state index in [2.05, 4.69) is 5.32 Å². The molecule has 0 spiro atoms. The van der Waals surface area contributed by atoms with Gasteiger partial charge in [-0.15, -0.1) is 0 Å². The van der Waals surface area contributed by atoms with Crippen LogP contribution in [0.4, 0.5) is 0 Å². The first kappa shape index (κ1) is 17.7. The lowest BCUT2D eigenvalue weighted by Crippen LogP contribution is -2.28. The molecule has 0 heterocycles. The number of nitrogens with one attached hydrogen (secondary N) is 1. The van der Waals surface area contributed by atoms with Crippen LogP contribution in [0.1, 0.15) is 27.6 Å². The number of hydrogen-bond donors (Lipinski definition) is 2. The lowest BCUT2D eigenvalue weighted by atomic mass is 10.1. The highest BCUT2D eigenvalue weighted by atomic mass is 35.5. The van der Waals surface area contributed by atoms with Crippen molar-refractivity contribution in [1.29, 1.82) is 0 Å². The molecule has 0 bridgehead atoms. The van der Waals surface area contributed by atoms with E-state index in [1.807, 2.05) is 6.07 Å². The Hall–Kier alpha value is -1.69. The number of carbonyl (C=O) groups is 1. The summed E-state index contributed by atoms with van der Waals surface area (Å²) in [5, 5.41) is 13.4. The molecule has 0 radical (unpaired) electrons. The number of aliphatic hydroxyl groups excluding tert-OH is 1. The topological polar surface area (TPSA) is 66.4 Å². The quantitative estimate of drug-likeness (QED) is 0.840. The monoisotopic (exact) mass is 351 g/mol. The highest BCUT2D eigenvalue weighted by molar-refractivity contribution is 7.83. The van der Waals surface area contributed by atoms with Gasteiger partial charge >= 0.3 is 0 Å². The van der Waals surface area contributed by atoms with Crippen molar-refractivity contribution in [3.05, 3.63) is 70.2 Å². The molecule has 1 amide bonds. The van der Waals surface area contributed by atoms with E-state index in [0.717, 1.165) is 5.56 Å². The van der Waals surface area contributed by atoms with Crippen LogP contribution in [0.5, 0.6) is 0 Å². The fraction of sp³-hybridized carbons (Fsp3) is 0.235. The fourth-order valence-corrected chi connectivity index (χ4v) is 2.91. The molecule has 122 valence electrons. The SMILES string of the molecule is C[S@](=O)Cc1cccc(C(=O)NC[C@@H](O)c2ccc(Cl)cc2)c1. The maximum absolute atomic E-state index is 12.2. The summed E-state index contributed by atoms with van der Waals surface area (Å²) in [7, 11) is -0.959. The number of carbonyl (C=O) groups excluding carboxylic acids is 1. The summed E-state index contributed by atoms with van der Waals surface area (Å²) < 4.78 is 11.3. The average Bonchev–Trinajstić information content (AvgIpc) is 2.52. The summed E-state index contributed by atoms with van der Waals surface area (Å²) in [5.74, 6) is 0.135. The molecule has 0 saturated heterocycles. The van der Waals surface area contributed by atoms with Gasteiger partial charge in [-0.25, -0.2) is 0 Å². The predicted octanol–water partition coefficient (Wildman–Crippen LogP) is 2.68. The molecular formula is C17H18ClNO3S. The van der Waals surface area contributed by atoms with Crippen molar-refractivity contribution in [2.75, 3.05) is 12.8 Å². The van der Waals surface area contributed by atoms with Gasteiger partial charge in [0.1, 0.15) is 0 Å². The van der Waals surface area contributed by atoms with E-state index in [0.29, 0.717) is 21.9 Å². The van der Waals surface area contributed by atoms with Crippen LogP contribution < -0.4 is 5.32 Å². The van der Waals surface area contributed by atoms with Crippen molar-refractivity contribution in [3.8, 4) is 0 Å². The zero-order valence-electron chi connectivity index (χ0n) is 12.7. The summed E-state index contributed by atoms with van der Waals surface area (Å²) in [5.41, 5.74) is 2.01. The number of hydrogen-bond acceptors (Lipinski definition) is 3. The van der Waals surface area contributed by atoms with E-state index in [-0.39, 0.29) is 12.5 Å². The molecule has 0 saturated carbocycles. The molecule has 0 fully saturated rings. The van der Waals surface area contributed by atoms with E-state index in [1.165, 1.54) is 0 Å². The van der Waals surface area contributed by atoms with Gasteiger partial charge in [-0.05, 0) is 35.4 Å². The Bertz CT molecular complexity index is 703. The molecule has 0 unspecified atom stereocenters. The van der Waals surface area contributed by atoms with Crippen LogP contribution in [-0.2, 0) is 16.6 Å². The lowest BCUT2D eigenvalue weighted by molar-refractivity contribution is 0.0916. The van der Waals surface area contributed by atoms with Crippen molar-refractivity contribution in [2.45, 2.75) is 11.9 Å². The summed E-state index contributed by atoms with van der Waals surface area (Å²) in [6.45, 7) is 0.102. The molecule has 6 heteroatoms. The average molecular weight is 352 g/mol. The summed E-state index contributed by atoms with van der Waals surface area (Å²) >= 11 is 5.80. The number of benzene rings is 2. The van der Waals surface area contributed by atoms with Gasteiger partial charge in [0.25, 0.3) is 5.91 Å². The van der Waals surface area contributed by atoms with Crippen LogP contribution in [0, 0.1) is 0 Å². The third-order valence-electron chi connectivity index (χ3n) is 3.27. The first-order chi connectivity index (χ1) is 11.0. The fourth-order valence-electron chi connectivity index (χ4n) is 2.13. The molecule has 2 aromatic rings. The zero-order chi connectivity index (χ0) is 16.8. The van der Waals surface area contributed by atoms with Gasteiger partial charge in [0.05, 0.1) is 6.10 Å². The molecule has 23 heavy (non-hydrogen) atoms. The van der Waals surface area contributed by atoms with Crippen molar-refractivity contribution in [2.24, 2.45) is 0 Å². The Balaban J connectivity index is 1.96. The highest BCUT2D eigenvalue weighted by Gasteiger charge is 2.11. The normalized spacial score (nSPS) is 13.3. The molecule has 2 N–H and O–H groups in total. The number of amides is 1. The zero-order valence-corrected chi connectivity index (χ0v) is 14.2. The van der Waals surface area contributed by atoms with Gasteiger partial charge in [-0.1, -0.05) is 35.9 Å². The van der Waals surface area contributed by atoms with Crippen LogP contribution in [0.25, 0.3) is 0 Å². The Morgan fingerprint density at radius 2 is 1.96 bits per heavy atom. The molecule has 2 aromatic carbocycles. The molecule has 4 nitrogen and oxygen atoms in total. The number of halogens is 1. The first-order valence-electron chi connectivity index (χ1n) is 7.06. The van der Waals surface area contributed by atoms with E-state index < -0.39 is 16.9 Å². The van der Waals surface area contributed by atoms with E-state index in [1.54, 1.807) is 48.7 Å². The molecular weight excluding hydrogens is 334 g/mol. The summed E-state index contributed by atoms with van der Waals surface area (Å²) in [6, 6.07) is 13.8. The number of aliphatic hydroxyl groups is 1. The van der Waals surface area contributed by atoms with E-state index >= 15 is 0 Å². The van der Waals surface area contributed by atoms with Gasteiger partial charge in [0.15, 0.2) is 0 Å². The van der Waals surface area contributed by atoms with E-state index in [4.69, 9.17) is 11.6 Å². The Morgan fingerprint density at radius 3 is 2.61 bits per heavy atom. The minimum atomic E-state index is -0.959. The van der Waals surface area contributed by atoms with Crippen LogP contribution in [-0.4, -0.2) is 28.0 Å². The van der Waals surface area contributed by atoms with Gasteiger partial charge in [0, 0.05) is 39.9 Å². The highest BCUT2D eigenvalue weighted by Crippen LogP contribution is 2.16. The van der Waals surface area contributed by atoms with Gasteiger partial charge in [0.2, 0.25) is 0 Å². The van der Waals surface area contributed by atoms with Gasteiger partial charge in [-0.2, -0.15) is 0 Å². The number of rotatable bonds is 6. The third-order valence-corrected chi connectivity index (χ3v) is 4.26. The van der Waals surface area contributed by atoms with E-state index in [9.17, 15) is 14.1 Å². The molecule has 0 aliphatic carbocycles. The lowest BCUT2D eigenvalue weighted by Gasteiger charge is -2.13. The summed E-state index contributed by atoms with van der Waals surface area (Å²) in [6.07, 6.45) is 0.817. The molecule has 0 aliphatic heterocycles. The largest absolute Gasteiger partial charge is 0.387 e. The molecule has 2 rings (SSSR count). The third kappa shape index (κ3) is 5.46. The minimum Gasteiger partial charge on any atom is -0.387 e. The Morgan fingerprint density at radius 1 is 1.26 bits per heavy atom. The summed E-state index contributed by atoms with van der Waals surface area (Å²) in [4.78, 5) is 12.2. The van der Waals surface area contributed by atoms with Crippen molar-refractivity contribution in [3.63, 3.8) is 0 Å².